The van der Waals surface area contributed by atoms with E-state index in [1.54, 1.807) is 0 Å². The number of ether oxygens (including phenoxy) is 1. The summed E-state index contributed by atoms with van der Waals surface area (Å²) >= 11 is 0. The van der Waals surface area contributed by atoms with Crippen molar-refractivity contribution in [3.63, 3.8) is 0 Å². The second kappa shape index (κ2) is 5.84. The van der Waals surface area contributed by atoms with E-state index in [1.807, 2.05) is 4.98 Å². The van der Waals surface area contributed by atoms with Crippen LogP contribution in [0.15, 0.2) is 21.9 Å². The molecule has 21 heavy (non-hydrogen) atoms. The highest BCUT2D eigenvalue weighted by molar-refractivity contribution is 7.51. The fraction of sp³-hybridized carbons (Fsp3) is 0.600. The van der Waals surface area contributed by atoms with Gasteiger partial charge in [0.25, 0.3) is 5.56 Å². The van der Waals surface area contributed by atoms with Crippen molar-refractivity contribution in [1.82, 2.24) is 9.55 Å². The van der Waals surface area contributed by atoms with E-state index in [2.05, 4.69) is 0 Å². The van der Waals surface area contributed by atoms with Gasteiger partial charge in [0.2, 0.25) is 0 Å². The summed E-state index contributed by atoms with van der Waals surface area (Å²) in [4.78, 5) is 42.4. The lowest BCUT2D eigenvalue weighted by molar-refractivity contribution is -0.0228. The zero-order valence-corrected chi connectivity index (χ0v) is 11.7. The maximum absolute atomic E-state index is 11.7. The van der Waals surface area contributed by atoms with E-state index in [0.717, 1.165) is 10.6 Å². The van der Waals surface area contributed by atoms with Gasteiger partial charge in [-0.1, -0.05) is 0 Å². The minimum Gasteiger partial charge on any atom is -0.389 e. The lowest BCUT2D eigenvalue weighted by Crippen LogP contribution is -2.42. The molecule has 1 aromatic rings. The average molecular weight is 321 g/mol. The van der Waals surface area contributed by atoms with Crippen LogP contribution in [-0.2, 0) is 9.30 Å². The van der Waals surface area contributed by atoms with E-state index in [4.69, 9.17) is 20.3 Å². The number of aliphatic hydroxyl groups is 1. The first-order chi connectivity index (χ1) is 9.69. The smallest absolute Gasteiger partial charge is 0.330 e. The molecular formula is C10H16N3O7P. The standard InChI is InChI=1S/C10H16N3O7P/c11-7-8(15)5(2-4-21(17,18)19)20-9(7)13-3-1-6(14)12-10(13)16/h1,3,5,7-9,15H,2,4,11H2,(H,12,14,16)(H2,17,18,19)/t5-,7-,8-,9-/m1/s1. The van der Waals surface area contributed by atoms with Crippen LogP contribution in [-0.4, -0.2) is 48.9 Å². The highest BCUT2D eigenvalue weighted by Gasteiger charge is 2.43. The number of aromatic nitrogens is 2. The largest absolute Gasteiger partial charge is 0.389 e. The molecule has 1 aliphatic heterocycles. The molecule has 2 heterocycles. The maximum Gasteiger partial charge on any atom is 0.330 e. The van der Waals surface area contributed by atoms with E-state index in [1.165, 1.54) is 6.20 Å². The lowest BCUT2D eigenvalue weighted by Gasteiger charge is -2.17. The normalized spacial score (nSPS) is 29.7. The quantitative estimate of drug-likeness (QED) is 0.385. The summed E-state index contributed by atoms with van der Waals surface area (Å²) in [5.74, 6) is 0. The van der Waals surface area contributed by atoms with E-state index < -0.39 is 49.5 Å². The van der Waals surface area contributed by atoms with Gasteiger partial charge in [-0.15, -0.1) is 0 Å². The molecule has 6 N–H and O–H groups in total. The minimum atomic E-state index is -4.22. The number of H-pyrrole nitrogens is 1. The summed E-state index contributed by atoms with van der Waals surface area (Å²) in [6.07, 6.45) is -2.49. The van der Waals surface area contributed by atoms with Crippen LogP contribution in [0, 0.1) is 0 Å². The number of nitrogens with zero attached hydrogens (tertiary/aromatic N) is 1. The Morgan fingerprint density at radius 2 is 2.10 bits per heavy atom. The molecule has 1 aliphatic rings. The van der Waals surface area contributed by atoms with Gasteiger partial charge in [0.1, 0.15) is 0 Å². The zero-order valence-electron chi connectivity index (χ0n) is 10.8. The second-order valence-electron chi connectivity index (χ2n) is 4.83. The van der Waals surface area contributed by atoms with E-state index in [-0.39, 0.29) is 6.42 Å². The van der Waals surface area contributed by atoms with E-state index in [9.17, 15) is 19.3 Å². The number of nitrogens with two attached hydrogens (primary N) is 1. The monoisotopic (exact) mass is 321 g/mol. The van der Waals surface area contributed by atoms with Gasteiger partial charge in [-0.25, -0.2) is 4.79 Å². The van der Waals surface area contributed by atoms with Gasteiger partial charge in [0, 0.05) is 12.3 Å². The van der Waals surface area contributed by atoms with Gasteiger partial charge < -0.3 is 25.4 Å². The number of aromatic amines is 1. The van der Waals surface area contributed by atoms with Crippen LogP contribution >= 0.6 is 7.60 Å². The van der Waals surface area contributed by atoms with Crippen LogP contribution in [0.3, 0.4) is 0 Å². The van der Waals surface area contributed by atoms with Crippen molar-refractivity contribution in [2.24, 2.45) is 5.73 Å². The topological polar surface area (TPSA) is 168 Å². The maximum atomic E-state index is 11.7. The molecule has 0 aromatic carbocycles. The minimum absolute atomic E-state index is 0.103. The lowest BCUT2D eigenvalue weighted by atomic mass is 10.1. The predicted octanol–water partition coefficient (Wildman–Crippen LogP) is -2.31. The molecular weight excluding hydrogens is 305 g/mol. The highest BCUT2D eigenvalue weighted by atomic mass is 31.2. The Balaban J connectivity index is 2.18. The number of aliphatic hydroxyl groups excluding tert-OH is 1. The SMILES string of the molecule is N[C@@H]1[C@H](O)[C@@H](CCP(=O)(O)O)O[C@H]1n1ccc(=O)[nH]c1=O. The molecule has 2 rings (SSSR count). The zero-order chi connectivity index (χ0) is 15.8. The van der Waals surface area contributed by atoms with Gasteiger partial charge in [0.05, 0.1) is 24.4 Å². The van der Waals surface area contributed by atoms with Crippen molar-refractivity contribution in [1.29, 1.82) is 0 Å². The summed E-state index contributed by atoms with van der Waals surface area (Å²) in [5, 5.41) is 9.94. The van der Waals surface area contributed by atoms with Crippen LogP contribution in [0.4, 0.5) is 0 Å². The third-order valence-electron chi connectivity index (χ3n) is 3.25. The van der Waals surface area contributed by atoms with Crippen molar-refractivity contribution in [2.75, 3.05) is 6.16 Å². The first-order valence-corrected chi connectivity index (χ1v) is 7.94. The first kappa shape index (κ1) is 16.1. The molecule has 1 fully saturated rings. The molecule has 0 radical (unpaired) electrons. The fourth-order valence-electron chi connectivity index (χ4n) is 2.18. The molecule has 0 unspecified atom stereocenters. The summed E-state index contributed by atoms with van der Waals surface area (Å²) in [5.41, 5.74) is 4.44. The van der Waals surface area contributed by atoms with Crippen molar-refractivity contribution in [3.05, 3.63) is 33.1 Å². The van der Waals surface area contributed by atoms with Gasteiger partial charge in [-0.05, 0) is 6.42 Å². The Morgan fingerprint density at radius 1 is 1.43 bits per heavy atom. The summed E-state index contributed by atoms with van der Waals surface area (Å²) in [7, 11) is -4.22. The molecule has 0 saturated carbocycles. The Kier molecular flexibility index (Phi) is 4.47. The van der Waals surface area contributed by atoms with Crippen LogP contribution in [0.2, 0.25) is 0 Å². The molecule has 10 nitrogen and oxygen atoms in total. The van der Waals surface area contributed by atoms with Crippen LogP contribution < -0.4 is 17.0 Å². The third-order valence-corrected chi connectivity index (χ3v) is 4.09. The average Bonchev–Trinajstić information content (AvgIpc) is 2.64. The van der Waals surface area contributed by atoms with Crippen LogP contribution in [0.5, 0.6) is 0 Å². The van der Waals surface area contributed by atoms with Crippen molar-refractivity contribution in [2.45, 2.75) is 30.9 Å². The number of nitrogens with one attached hydrogen (secondary N) is 1. The van der Waals surface area contributed by atoms with Gasteiger partial charge in [0.15, 0.2) is 6.23 Å². The Bertz CT molecular complexity index is 665. The molecule has 0 aliphatic carbocycles. The molecule has 11 heteroatoms. The second-order valence-corrected chi connectivity index (χ2v) is 6.60. The molecule has 1 saturated heterocycles. The van der Waals surface area contributed by atoms with Crippen molar-refractivity contribution in [3.8, 4) is 0 Å². The summed E-state index contributed by atoms with van der Waals surface area (Å²) < 4.78 is 17.3. The van der Waals surface area contributed by atoms with Gasteiger partial charge in [-0.2, -0.15) is 0 Å². The van der Waals surface area contributed by atoms with E-state index >= 15 is 0 Å². The third kappa shape index (κ3) is 3.67. The highest BCUT2D eigenvalue weighted by Crippen LogP contribution is 2.38. The first-order valence-electron chi connectivity index (χ1n) is 6.14. The Morgan fingerprint density at radius 3 is 2.67 bits per heavy atom. The van der Waals surface area contributed by atoms with Crippen molar-refractivity contribution >= 4 is 7.60 Å². The van der Waals surface area contributed by atoms with Crippen molar-refractivity contribution < 1.29 is 24.2 Å². The van der Waals surface area contributed by atoms with Crippen LogP contribution in [0.25, 0.3) is 0 Å². The Hall–Kier alpha value is -1.29. The molecule has 4 atom stereocenters. The van der Waals surface area contributed by atoms with E-state index in [0.29, 0.717) is 0 Å². The molecule has 1 aromatic heterocycles. The predicted molar refractivity (Wildman–Crippen MR) is 70.7 cm³/mol. The summed E-state index contributed by atoms with van der Waals surface area (Å²) in [6.45, 7) is 0. The molecule has 0 spiro atoms. The Labute approximate surface area is 118 Å². The molecule has 0 bridgehead atoms. The molecule has 0 amide bonds. The molecule has 118 valence electrons. The number of hydrogen-bond donors (Lipinski definition) is 5. The summed E-state index contributed by atoms with van der Waals surface area (Å²) in [6, 6.07) is 0.141. The van der Waals surface area contributed by atoms with Crippen LogP contribution in [0.1, 0.15) is 12.6 Å². The van der Waals surface area contributed by atoms with Gasteiger partial charge >= 0.3 is 13.3 Å². The fourth-order valence-corrected chi connectivity index (χ4v) is 2.77. The number of hydrogen-bond acceptors (Lipinski definition) is 6. The van der Waals surface area contributed by atoms with Gasteiger partial charge in [-0.3, -0.25) is 18.9 Å². The number of rotatable bonds is 4.